The zero-order chi connectivity index (χ0) is 18.0. The monoisotopic (exact) mass is 369 g/mol. The van der Waals surface area contributed by atoms with Crippen LogP contribution in [-0.2, 0) is 14.9 Å². The number of aromatic nitrogens is 1. The second kappa shape index (κ2) is 6.90. The van der Waals surface area contributed by atoms with Gasteiger partial charge in [0.25, 0.3) is 5.91 Å². The molecule has 0 saturated carbocycles. The summed E-state index contributed by atoms with van der Waals surface area (Å²) in [4.78, 5) is 16.2. The summed E-state index contributed by atoms with van der Waals surface area (Å²) in [5, 5.41) is 0. The summed E-state index contributed by atoms with van der Waals surface area (Å²) >= 11 is 0. The van der Waals surface area contributed by atoms with Crippen LogP contribution in [0.2, 0.25) is 0 Å². The first-order chi connectivity index (χ1) is 11.9. The number of aryl methyl sites for hydroxylation is 1. The van der Waals surface area contributed by atoms with Crippen molar-refractivity contribution < 1.29 is 26.8 Å². The van der Waals surface area contributed by atoms with Crippen molar-refractivity contribution >= 4 is 16.1 Å². The number of rotatable bonds is 4. The molecule has 3 rings (SSSR count). The largest absolute Gasteiger partial charge is 0.440 e. The van der Waals surface area contributed by atoms with E-state index in [9.17, 15) is 17.6 Å². The van der Waals surface area contributed by atoms with Crippen molar-refractivity contribution in [2.45, 2.75) is 6.92 Å². The Labute approximate surface area is 143 Å². The van der Waals surface area contributed by atoms with E-state index in [1.54, 1.807) is 6.07 Å². The summed E-state index contributed by atoms with van der Waals surface area (Å²) in [5.74, 6) is -1.50. The van der Waals surface area contributed by atoms with E-state index >= 15 is 0 Å². The number of benzene rings is 1. The maximum atomic E-state index is 13.8. The van der Waals surface area contributed by atoms with Crippen molar-refractivity contribution in [2.75, 3.05) is 26.3 Å². The van der Waals surface area contributed by atoms with Crippen LogP contribution in [0.1, 0.15) is 16.2 Å². The van der Waals surface area contributed by atoms with Crippen molar-refractivity contribution in [3.8, 4) is 11.5 Å². The minimum Gasteiger partial charge on any atom is -0.440 e. The lowest BCUT2D eigenvalue weighted by Crippen LogP contribution is -2.48. The van der Waals surface area contributed by atoms with Gasteiger partial charge in [0.2, 0.25) is 5.89 Å². The van der Waals surface area contributed by atoms with Gasteiger partial charge in [0, 0.05) is 13.1 Å². The molecule has 134 valence electrons. The fraction of sp³-hybridized carbons (Fsp3) is 0.333. The molecule has 0 spiro atoms. The molecule has 0 bridgehead atoms. The summed E-state index contributed by atoms with van der Waals surface area (Å²) in [6, 6.07) is 5.79. The Morgan fingerprint density at radius 1 is 1.28 bits per heavy atom. The highest BCUT2D eigenvalue weighted by Gasteiger charge is 2.29. The number of morpholine rings is 1. The standard InChI is InChI=1S/C15H16FN3O5S/c1-10-13(17-15(24-10)11-4-2-3-5-12(11)16)14(20)18-25(21,22)19-6-8-23-9-7-19/h2-5H,6-9H2,1H3,(H,18,20). The molecule has 25 heavy (non-hydrogen) atoms. The normalized spacial score (nSPS) is 15.9. The van der Waals surface area contributed by atoms with Gasteiger partial charge in [-0.05, 0) is 19.1 Å². The number of carbonyl (C=O) groups is 1. The van der Waals surface area contributed by atoms with Crippen LogP contribution in [0, 0.1) is 12.7 Å². The first-order valence-electron chi connectivity index (χ1n) is 7.51. The van der Waals surface area contributed by atoms with Crippen molar-refractivity contribution in [2.24, 2.45) is 0 Å². The maximum absolute atomic E-state index is 13.8. The van der Waals surface area contributed by atoms with Crippen molar-refractivity contribution in [1.29, 1.82) is 0 Å². The number of hydrogen-bond acceptors (Lipinski definition) is 6. The van der Waals surface area contributed by atoms with Gasteiger partial charge in [-0.15, -0.1) is 0 Å². The number of nitrogens with one attached hydrogen (secondary N) is 1. The summed E-state index contributed by atoms with van der Waals surface area (Å²) < 4.78 is 51.7. The van der Waals surface area contributed by atoms with Crippen LogP contribution < -0.4 is 4.72 Å². The van der Waals surface area contributed by atoms with Gasteiger partial charge in [-0.1, -0.05) is 12.1 Å². The van der Waals surface area contributed by atoms with E-state index in [1.807, 2.05) is 4.72 Å². The maximum Gasteiger partial charge on any atom is 0.304 e. The van der Waals surface area contributed by atoms with E-state index < -0.39 is 21.9 Å². The molecule has 2 aromatic rings. The number of amides is 1. The van der Waals surface area contributed by atoms with Gasteiger partial charge < -0.3 is 9.15 Å². The Balaban J connectivity index is 1.82. The molecule has 1 saturated heterocycles. The van der Waals surface area contributed by atoms with E-state index in [0.717, 1.165) is 4.31 Å². The minimum atomic E-state index is -4.01. The van der Waals surface area contributed by atoms with Crippen LogP contribution in [0.15, 0.2) is 28.7 Å². The molecule has 1 aliphatic heterocycles. The molecule has 1 fully saturated rings. The number of nitrogens with zero attached hydrogens (tertiary/aromatic N) is 2. The van der Waals surface area contributed by atoms with Crippen LogP contribution >= 0.6 is 0 Å². The molecule has 8 nitrogen and oxygen atoms in total. The quantitative estimate of drug-likeness (QED) is 0.866. The van der Waals surface area contributed by atoms with Crippen molar-refractivity contribution in [3.05, 3.63) is 41.5 Å². The number of oxazole rings is 1. The van der Waals surface area contributed by atoms with Crippen molar-refractivity contribution in [1.82, 2.24) is 14.0 Å². The van der Waals surface area contributed by atoms with E-state index in [1.165, 1.54) is 25.1 Å². The number of ether oxygens (including phenoxy) is 1. The van der Waals surface area contributed by atoms with Gasteiger partial charge in [0.15, 0.2) is 5.69 Å². The lowest BCUT2D eigenvalue weighted by atomic mass is 10.2. The zero-order valence-electron chi connectivity index (χ0n) is 13.4. The topological polar surface area (TPSA) is 102 Å². The Bertz CT molecular complexity index is 890. The number of carbonyl (C=O) groups excluding carboxylic acids is 1. The lowest BCUT2D eigenvalue weighted by molar-refractivity contribution is 0.0718. The van der Waals surface area contributed by atoms with Gasteiger partial charge in [0.05, 0.1) is 18.8 Å². The summed E-state index contributed by atoms with van der Waals surface area (Å²) in [5.41, 5.74) is -0.129. The second-order valence-corrected chi connectivity index (χ2v) is 7.02. The summed E-state index contributed by atoms with van der Waals surface area (Å²) in [7, 11) is -4.01. The van der Waals surface area contributed by atoms with Gasteiger partial charge >= 0.3 is 10.2 Å². The third-order valence-electron chi connectivity index (χ3n) is 3.65. The number of halogens is 1. The van der Waals surface area contributed by atoms with Crippen LogP contribution in [0.5, 0.6) is 0 Å². The molecular weight excluding hydrogens is 353 g/mol. The lowest BCUT2D eigenvalue weighted by Gasteiger charge is -2.25. The SMILES string of the molecule is Cc1oc(-c2ccccc2F)nc1C(=O)NS(=O)(=O)N1CCOCC1. The van der Waals surface area contributed by atoms with Gasteiger partial charge in [0.1, 0.15) is 11.6 Å². The molecule has 1 N–H and O–H groups in total. The molecule has 0 radical (unpaired) electrons. The van der Waals surface area contributed by atoms with Crippen molar-refractivity contribution in [3.63, 3.8) is 0 Å². The molecule has 0 aliphatic carbocycles. The Morgan fingerprint density at radius 3 is 2.64 bits per heavy atom. The molecule has 2 heterocycles. The Morgan fingerprint density at radius 2 is 1.96 bits per heavy atom. The molecular formula is C15H16FN3O5S. The molecule has 10 heteroatoms. The first kappa shape index (κ1) is 17.5. The third kappa shape index (κ3) is 3.70. The molecule has 0 atom stereocenters. The zero-order valence-corrected chi connectivity index (χ0v) is 14.2. The highest BCUT2D eigenvalue weighted by atomic mass is 32.2. The third-order valence-corrected chi connectivity index (χ3v) is 5.14. The first-order valence-corrected chi connectivity index (χ1v) is 8.95. The predicted molar refractivity (Wildman–Crippen MR) is 85.4 cm³/mol. The average molecular weight is 369 g/mol. The van der Waals surface area contributed by atoms with E-state index in [0.29, 0.717) is 0 Å². The molecule has 1 amide bonds. The minimum absolute atomic E-state index is 0.0840. The van der Waals surface area contributed by atoms with Gasteiger partial charge in [-0.3, -0.25) is 4.79 Å². The number of hydrogen-bond donors (Lipinski definition) is 1. The van der Waals surface area contributed by atoms with Crippen LogP contribution in [0.25, 0.3) is 11.5 Å². The van der Waals surface area contributed by atoms with Gasteiger partial charge in [-0.2, -0.15) is 12.7 Å². The molecule has 0 unspecified atom stereocenters. The highest BCUT2D eigenvalue weighted by molar-refractivity contribution is 7.87. The fourth-order valence-corrected chi connectivity index (χ4v) is 3.46. The van der Waals surface area contributed by atoms with E-state index in [2.05, 4.69) is 4.98 Å². The summed E-state index contributed by atoms with van der Waals surface area (Å²) in [6.45, 7) is 2.28. The van der Waals surface area contributed by atoms with E-state index in [4.69, 9.17) is 9.15 Å². The van der Waals surface area contributed by atoms with Gasteiger partial charge in [-0.25, -0.2) is 14.1 Å². The fourth-order valence-electron chi connectivity index (χ4n) is 2.37. The van der Waals surface area contributed by atoms with E-state index in [-0.39, 0.29) is 49.2 Å². The Hall–Kier alpha value is -2.30. The highest BCUT2D eigenvalue weighted by Crippen LogP contribution is 2.24. The summed E-state index contributed by atoms with van der Waals surface area (Å²) in [6.07, 6.45) is 0. The predicted octanol–water partition coefficient (Wildman–Crippen LogP) is 1.10. The Kier molecular flexibility index (Phi) is 4.84. The molecule has 1 aliphatic rings. The van der Waals surface area contributed by atoms with Crippen LogP contribution in [0.4, 0.5) is 4.39 Å². The van der Waals surface area contributed by atoms with Crippen LogP contribution in [-0.4, -0.2) is 49.9 Å². The van der Waals surface area contributed by atoms with Crippen LogP contribution in [0.3, 0.4) is 0 Å². The second-order valence-electron chi connectivity index (χ2n) is 5.35. The smallest absolute Gasteiger partial charge is 0.304 e. The molecule has 1 aromatic heterocycles. The average Bonchev–Trinajstić information content (AvgIpc) is 2.97. The molecule has 1 aromatic carbocycles.